The minimum Gasteiger partial charge on any atom is -0.508 e. The van der Waals surface area contributed by atoms with Gasteiger partial charge in [-0.25, -0.2) is 0 Å². The number of aromatic hydroxyl groups is 1. The van der Waals surface area contributed by atoms with E-state index in [1.165, 1.54) is 0 Å². The third-order valence-corrected chi connectivity index (χ3v) is 2.79. The summed E-state index contributed by atoms with van der Waals surface area (Å²) < 4.78 is 0. The SMILES string of the molecule is Cl.O=C(CC1CCNC1)Nc1ccc(O)cc1. The monoisotopic (exact) mass is 256 g/mol. The summed E-state index contributed by atoms with van der Waals surface area (Å²) in [5.74, 6) is 0.703. The number of carbonyl (C=O) groups is 1. The Bertz CT molecular complexity index is 361. The topological polar surface area (TPSA) is 61.4 Å². The average Bonchev–Trinajstić information content (AvgIpc) is 2.74. The molecule has 1 aromatic rings. The third-order valence-electron chi connectivity index (χ3n) is 2.79. The summed E-state index contributed by atoms with van der Waals surface area (Å²) in [7, 11) is 0. The van der Waals surface area contributed by atoms with E-state index in [1.807, 2.05) is 0 Å². The number of hydrogen-bond donors (Lipinski definition) is 3. The van der Waals surface area contributed by atoms with Crippen LogP contribution in [0.2, 0.25) is 0 Å². The lowest BCUT2D eigenvalue weighted by atomic mass is 10.0. The van der Waals surface area contributed by atoms with Crippen molar-refractivity contribution < 1.29 is 9.90 Å². The van der Waals surface area contributed by atoms with Crippen LogP contribution in [0.4, 0.5) is 5.69 Å². The van der Waals surface area contributed by atoms with Crippen molar-refractivity contribution in [3.8, 4) is 5.75 Å². The van der Waals surface area contributed by atoms with Crippen molar-refractivity contribution in [2.24, 2.45) is 5.92 Å². The van der Waals surface area contributed by atoms with Crippen molar-refractivity contribution in [2.45, 2.75) is 12.8 Å². The summed E-state index contributed by atoms with van der Waals surface area (Å²) in [4.78, 5) is 11.7. The zero-order valence-corrected chi connectivity index (χ0v) is 10.3. The van der Waals surface area contributed by atoms with Gasteiger partial charge in [0.05, 0.1) is 0 Å². The van der Waals surface area contributed by atoms with Gasteiger partial charge < -0.3 is 15.7 Å². The maximum Gasteiger partial charge on any atom is 0.224 e. The van der Waals surface area contributed by atoms with Gasteiger partial charge >= 0.3 is 0 Å². The van der Waals surface area contributed by atoms with Crippen molar-refractivity contribution in [3.63, 3.8) is 0 Å². The van der Waals surface area contributed by atoms with Gasteiger partial charge in [0.1, 0.15) is 5.75 Å². The Kier molecular flexibility index (Phi) is 5.25. The minimum atomic E-state index is 0. The maximum atomic E-state index is 11.7. The predicted octanol–water partition coefficient (Wildman–Crippen LogP) is 1.75. The molecule has 1 fully saturated rings. The summed E-state index contributed by atoms with van der Waals surface area (Å²) in [5.41, 5.74) is 0.730. The third kappa shape index (κ3) is 4.24. The van der Waals surface area contributed by atoms with E-state index in [-0.39, 0.29) is 24.1 Å². The van der Waals surface area contributed by atoms with Gasteiger partial charge in [0.15, 0.2) is 0 Å². The van der Waals surface area contributed by atoms with Crippen molar-refractivity contribution in [1.82, 2.24) is 5.32 Å². The smallest absolute Gasteiger partial charge is 0.224 e. The van der Waals surface area contributed by atoms with Gasteiger partial charge in [-0.2, -0.15) is 0 Å². The predicted molar refractivity (Wildman–Crippen MR) is 69.6 cm³/mol. The number of phenols is 1. The van der Waals surface area contributed by atoms with E-state index in [1.54, 1.807) is 24.3 Å². The van der Waals surface area contributed by atoms with Crippen LogP contribution in [0.3, 0.4) is 0 Å². The van der Waals surface area contributed by atoms with Crippen LogP contribution in [0.5, 0.6) is 5.75 Å². The summed E-state index contributed by atoms with van der Waals surface area (Å²) in [6.45, 7) is 1.94. The molecule has 17 heavy (non-hydrogen) atoms. The van der Waals surface area contributed by atoms with E-state index in [0.717, 1.165) is 25.2 Å². The maximum absolute atomic E-state index is 11.7. The van der Waals surface area contributed by atoms with Crippen LogP contribution in [0, 0.1) is 5.92 Å². The van der Waals surface area contributed by atoms with E-state index < -0.39 is 0 Å². The molecule has 0 saturated carbocycles. The van der Waals surface area contributed by atoms with Crippen LogP contribution >= 0.6 is 12.4 Å². The molecule has 5 heteroatoms. The lowest BCUT2D eigenvalue weighted by Gasteiger charge is -2.09. The lowest BCUT2D eigenvalue weighted by molar-refractivity contribution is -0.116. The molecule has 1 saturated heterocycles. The molecular weight excluding hydrogens is 240 g/mol. The van der Waals surface area contributed by atoms with E-state index >= 15 is 0 Å². The van der Waals surface area contributed by atoms with Gasteiger partial charge in [0.2, 0.25) is 5.91 Å². The number of phenolic OH excluding ortho intramolecular Hbond substituents is 1. The fourth-order valence-corrected chi connectivity index (χ4v) is 1.91. The minimum absolute atomic E-state index is 0. The van der Waals surface area contributed by atoms with Gasteiger partial charge in [-0.15, -0.1) is 12.4 Å². The Balaban J connectivity index is 0.00000144. The van der Waals surface area contributed by atoms with Gasteiger partial charge in [-0.3, -0.25) is 4.79 Å². The van der Waals surface area contributed by atoms with Gasteiger partial charge in [-0.1, -0.05) is 0 Å². The summed E-state index contributed by atoms with van der Waals surface area (Å²) in [6, 6.07) is 6.51. The highest BCUT2D eigenvalue weighted by atomic mass is 35.5. The summed E-state index contributed by atoms with van der Waals surface area (Å²) in [6.07, 6.45) is 1.64. The second kappa shape index (κ2) is 6.47. The van der Waals surface area contributed by atoms with Crippen LogP contribution in [0.1, 0.15) is 12.8 Å². The van der Waals surface area contributed by atoms with Crippen LogP contribution in [0.15, 0.2) is 24.3 Å². The highest BCUT2D eigenvalue weighted by molar-refractivity contribution is 5.90. The molecule has 4 nitrogen and oxygen atoms in total. The molecule has 0 bridgehead atoms. The molecule has 0 aromatic heterocycles. The second-order valence-corrected chi connectivity index (χ2v) is 4.16. The Morgan fingerprint density at radius 3 is 2.71 bits per heavy atom. The normalized spacial score (nSPS) is 18.5. The summed E-state index contributed by atoms with van der Waals surface area (Å²) >= 11 is 0. The molecule has 2 rings (SSSR count). The van der Waals surface area contributed by atoms with Crippen LogP contribution in [0.25, 0.3) is 0 Å². The van der Waals surface area contributed by atoms with Crippen LogP contribution in [-0.2, 0) is 4.79 Å². The van der Waals surface area contributed by atoms with Gasteiger partial charge in [0, 0.05) is 12.1 Å². The Morgan fingerprint density at radius 2 is 2.12 bits per heavy atom. The number of anilines is 1. The molecule has 0 aliphatic carbocycles. The molecule has 1 amide bonds. The fraction of sp³-hybridized carbons (Fsp3) is 0.417. The van der Waals surface area contributed by atoms with Crippen molar-refractivity contribution in [2.75, 3.05) is 18.4 Å². The molecule has 3 N–H and O–H groups in total. The Morgan fingerprint density at radius 1 is 1.41 bits per heavy atom. The molecule has 1 aromatic carbocycles. The van der Waals surface area contributed by atoms with E-state index in [9.17, 15) is 4.79 Å². The first-order valence-corrected chi connectivity index (χ1v) is 5.53. The van der Waals surface area contributed by atoms with Crippen molar-refractivity contribution >= 4 is 24.0 Å². The number of benzene rings is 1. The zero-order valence-electron chi connectivity index (χ0n) is 9.48. The quantitative estimate of drug-likeness (QED) is 0.722. The highest BCUT2D eigenvalue weighted by Gasteiger charge is 2.17. The van der Waals surface area contributed by atoms with Gasteiger partial charge in [-0.05, 0) is 49.7 Å². The van der Waals surface area contributed by atoms with Crippen molar-refractivity contribution in [3.05, 3.63) is 24.3 Å². The molecule has 1 aliphatic heterocycles. The first-order valence-electron chi connectivity index (χ1n) is 5.53. The first kappa shape index (κ1) is 13.8. The first-order chi connectivity index (χ1) is 7.74. The molecule has 1 aliphatic rings. The highest BCUT2D eigenvalue weighted by Crippen LogP contribution is 2.16. The number of halogens is 1. The Labute approximate surface area is 107 Å². The fourth-order valence-electron chi connectivity index (χ4n) is 1.91. The number of hydrogen-bond acceptors (Lipinski definition) is 3. The van der Waals surface area contributed by atoms with Crippen molar-refractivity contribution in [1.29, 1.82) is 0 Å². The standard InChI is InChI=1S/C12H16N2O2.ClH/c15-11-3-1-10(2-4-11)14-12(16)7-9-5-6-13-8-9;/h1-4,9,13,15H,5-8H2,(H,14,16);1H. The van der Waals surface area contributed by atoms with E-state index in [0.29, 0.717) is 12.3 Å². The molecule has 1 unspecified atom stereocenters. The molecule has 0 radical (unpaired) electrons. The molecule has 1 heterocycles. The van der Waals surface area contributed by atoms with Crippen LogP contribution < -0.4 is 10.6 Å². The molecule has 94 valence electrons. The molecular formula is C12H17ClN2O2. The second-order valence-electron chi connectivity index (χ2n) is 4.16. The summed E-state index contributed by atoms with van der Waals surface area (Å²) in [5, 5.41) is 15.2. The largest absolute Gasteiger partial charge is 0.508 e. The number of amides is 1. The lowest BCUT2D eigenvalue weighted by Crippen LogP contribution is -2.18. The number of nitrogens with one attached hydrogen (secondary N) is 2. The number of rotatable bonds is 3. The molecule has 1 atom stereocenters. The Hall–Kier alpha value is -1.26. The van der Waals surface area contributed by atoms with E-state index in [4.69, 9.17) is 5.11 Å². The van der Waals surface area contributed by atoms with Gasteiger partial charge in [0.25, 0.3) is 0 Å². The average molecular weight is 257 g/mol. The zero-order chi connectivity index (χ0) is 11.4. The van der Waals surface area contributed by atoms with E-state index in [2.05, 4.69) is 10.6 Å². The van der Waals surface area contributed by atoms with Crippen LogP contribution in [-0.4, -0.2) is 24.1 Å². The molecule has 0 spiro atoms. The number of carbonyl (C=O) groups excluding carboxylic acids is 1.